The predicted octanol–water partition coefficient (Wildman–Crippen LogP) is 1.15. The number of benzene rings is 1. The van der Waals surface area contributed by atoms with Crippen LogP contribution in [0.2, 0.25) is 0 Å². The molecule has 0 bridgehead atoms. The normalized spacial score (nSPS) is 14.6. The molecule has 108 valence electrons. The van der Waals surface area contributed by atoms with Gasteiger partial charge in [-0.1, -0.05) is 18.2 Å². The van der Waals surface area contributed by atoms with Gasteiger partial charge in [0, 0.05) is 25.3 Å². The summed E-state index contributed by atoms with van der Waals surface area (Å²) >= 11 is 0. The Morgan fingerprint density at radius 1 is 1.42 bits per heavy atom. The van der Waals surface area contributed by atoms with Crippen LogP contribution in [0.25, 0.3) is 0 Å². The lowest BCUT2D eigenvalue weighted by Gasteiger charge is -2.22. The van der Waals surface area contributed by atoms with Crippen LogP contribution in [0.5, 0.6) is 0 Å². The van der Waals surface area contributed by atoms with Gasteiger partial charge in [-0.2, -0.15) is 0 Å². The second-order valence-corrected chi connectivity index (χ2v) is 4.79. The molecule has 2 unspecified atom stereocenters. The molecule has 0 aliphatic rings. The highest BCUT2D eigenvalue weighted by Gasteiger charge is 2.13. The minimum Gasteiger partial charge on any atom is -0.389 e. The average molecular weight is 270 g/mol. The third-order valence-corrected chi connectivity index (χ3v) is 3.01. The van der Waals surface area contributed by atoms with E-state index in [1.165, 1.54) is 6.07 Å². The molecular weight excluding hydrogens is 247 g/mol. The Balaban J connectivity index is 2.38. The van der Waals surface area contributed by atoms with Crippen molar-refractivity contribution in [3.05, 3.63) is 35.6 Å². The molecule has 0 aliphatic heterocycles. The van der Waals surface area contributed by atoms with Gasteiger partial charge in [0.05, 0.1) is 12.7 Å². The molecule has 0 saturated carbocycles. The minimum absolute atomic E-state index is 0.267. The van der Waals surface area contributed by atoms with E-state index in [1.807, 2.05) is 11.9 Å². The minimum atomic E-state index is -0.514. The van der Waals surface area contributed by atoms with Gasteiger partial charge in [0.25, 0.3) is 0 Å². The van der Waals surface area contributed by atoms with E-state index in [1.54, 1.807) is 25.3 Å². The second kappa shape index (κ2) is 8.22. The van der Waals surface area contributed by atoms with Crippen molar-refractivity contribution in [3.63, 3.8) is 0 Å². The molecular formula is C14H23FN2O2. The molecule has 0 fully saturated rings. The van der Waals surface area contributed by atoms with Crippen molar-refractivity contribution in [2.24, 2.45) is 5.73 Å². The number of methoxy groups -OCH3 is 1. The molecule has 0 amide bonds. The van der Waals surface area contributed by atoms with Crippen LogP contribution < -0.4 is 5.73 Å². The van der Waals surface area contributed by atoms with E-state index in [-0.39, 0.29) is 11.9 Å². The van der Waals surface area contributed by atoms with Crippen LogP contribution in [0, 0.1) is 5.82 Å². The Morgan fingerprint density at radius 2 is 2.11 bits per heavy atom. The highest BCUT2D eigenvalue weighted by atomic mass is 19.1. The lowest BCUT2D eigenvalue weighted by molar-refractivity contribution is 0.0428. The highest BCUT2D eigenvalue weighted by molar-refractivity contribution is 5.20. The summed E-state index contributed by atoms with van der Waals surface area (Å²) < 4.78 is 18.4. The molecule has 0 aliphatic carbocycles. The van der Waals surface area contributed by atoms with Gasteiger partial charge >= 0.3 is 0 Å². The Labute approximate surface area is 114 Å². The third-order valence-electron chi connectivity index (χ3n) is 3.01. The second-order valence-electron chi connectivity index (χ2n) is 4.79. The fourth-order valence-electron chi connectivity index (χ4n) is 1.99. The highest BCUT2D eigenvalue weighted by Crippen LogP contribution is 2.17. The van der Waals surface area contributed by atoms with E-state index in [4.69, 9.17) is 10.5 Å². The van der Waals surface area contributed by atoms with Crippen molar-refractivity contribution in [1.29, 1.82) is 0 Å². The zero-order chi connectivity index (χ0) is 14.3. The molecule has 1 aromatic carbocycles. The van der Waals surface area contributed by atoms with Crippen molar-refractivity contribution in [1.82, 2.24) is 4.90 Å². The van der Waals surface area contributed by atoms with E-state index in [9.17, 15) is 9.50 Å². The Morgan fingerprint density at radius 3 is 2.74 bits per heavy atom. The van der Waals surface area contributed by atoms with Crippen molar-refractivity contribution in [3.8, 4) is 0 Å². The first-order valence-electron chi connectivity index (χ1n) is 6.40. The maximum Gasteiger partial charge on any atom is 0.127 e. The van der Waals surface area contributed by atoms with E-state index < -0.39 is 6.10 Å². The molecule has 19 heavy (non-hydrogen) atoms. The van der Waals surface area contributed by atoms with E-state index in [0.29, 0.717) is 31.7 Å². The maximum absolute atomic E-state index is 13.5. The molecule has 1 aromatic rings. The Hall–Kier alpha value is -1.01. The molecule has 0 radical (unpaired) electrons. The molecule has 0 saturated heterocycles. The van der Waals surface area contributed by atoms with Crippen LogP contribution >= 0.6 is 0 Å². The smallest absolute Gasteiger partial charge is 0.127 e. The fourth-order valence-corrected chi connectivity index (χ4v) is 1.99. The number of hydrogen-bond acceptors (Lipinski definition) is 4. The molecule has 0 aromatic heterocycles. The van der Waals surface area contributed by atoms with Gasteiger partial charge in [-0.25, -0.2) is 4.39 Å². The summed E-state index contributed by atoms with van der Waals surface area (Å²) in [7, 11) is 3.45. The standard InChI is InChI=1S/C14H23FN2O2/c1-17(9-11(18)10-19-2)8-7-14(16)12-5-3-4-6-13(12)15/h3-6,11,14,18H,7-10,16H2,1-2H3. The first-order valence-corrected chi connectivity index (χ1v) is 6.40. The molecule has 5 heteroatoms. The van der Waals surface area contributed by atoms with E-state index in [0.717, 1.165) is 0 Å². The first kappa shape index (κ1) is 16.0. The zero-order valence-corrected chi connectivity index (χ0v) is 11.6. The number of aliphatic hydroxyl groups is 1. The first-order chi connectivity index (χ1) is 9.04. The molecule has 1 rings (SSSR count). The van der Waals surface area contributed by atoms with Crippen LogP contribution in [0.15, 0.2) is 24.3 Å². The Bertz CT molecular complexity index is 376. The van der Waals surface area contributed by atoms with Gasteiger partial charge in [0.15, 0.2) is 0 Å². The quantitative estimate of drug-likeness (QED) is 0.744. The topological polar surface area (TPSA) is 58.7 Å². The van der Waals surface area contributed by atoms with Crippen LogP contribution in [0.3, 0.4) is 0 Å². The number of ether oxygens (including phenoxy) is 1. The van der Waals surface area contributed by atoms with Crippen molar-refractivity contribution in [2.75, 3.05) is 33.9 Å². The molecule has 4 nitrogen and oxygen atoms in total. The van der Waals surface area contributed by atoms with Gasteiger partial charge in [0.2, 0.25) is 0 Å². The van der Waals surface area contributed by atoms with Gasteiger partial charge in [0.1, 0.15) is 5.82 Å². The summed E-state index contributed by atoms with van der Waals surface area (Å²) in [6, 6.07) is 6.23. The fraction of sp³-hybridized carbons (Fsp3) is 0.571. The number of halogens is 1. The number of likely N-dealkylation sites (N-methyl/N-ethyl adjacent to an activating group) is 1. The summed E-state index contributed by atoms with van der Waals surface area (Å²) in [4.78, 5) is 1.96. The summed E-state index contributed by atoms with van der Waals surface area (Å²) in [6.07, 6.45) is 0.122. The lowest BCUT2D eigenvalue weighted by atomic mass is 10.0. The summed E-state index contributed by atoms with van der Waals surface area (Å²) in [6.45, 7) is 1.51. The number of aliphatic hydroxyl groups excluding tert-OH is 1. The van der Waals surface area contributed by atoms with Crippen molar-refractivity contribution in [2.45, 2.75) is 18.6 Å². The third kappa shape index (κ3) is 5.65. The average Bonchev–Trinajstić information content (AvgIpc) is 2.36. The largest absolute Gasteiger partial charge is 0.389 e. The van der Waals surface area contributed by atoms with Crippen LogP contribution in [0.1, 0.15) is 18.0 Å². The summed E-state index contributed by atoms with van der Waals surface area (Å²) in [5, 5.41) is 9.59. The maximum atomic E-state index is 13.5. The Kier molecular flexibility index (Phi) is 6.94. The molecule has 3 N–H and O–H groups in total. The molecule has 0 spiro atoms. The van der Waals surface area contributed by atoms with E-state index in [2.05, 4.69) is 0 Å². The molecule has 0 heterocycles. The number of nitrogens with two attached hydrogens (primary N) is 1. The van der Waals surface area contributed by atoms with Gasteiger partial charge < -0.3 is 20.5 Å². The van der Waals surface area contributed by atoms with Gasteiger partial charge in [-0.05, 0) is 26.1 Å². The number of rotatable bonds is 8. The monoisotopic (exact) mass is 270 g/mol. The van der Waals surface area contributed by atoms with Crippen LogP contribution in [-0.2, 0) is 4.74 Å². The van der Waals surface area contributed by atoms with Crippen LogP contribution in [-0.4, -0.2) is 50.0 Å². The van der Waals surface area contributed by atoms with Gasteiger partial charge in [-0.3, -0.25) is 0 Å². The van der Waals surface area contributed by atoms with Crippen molar-refractivity contribution >= 4 is 0 Å². The number of hydrogen-bond donors (Lipinski definition) is 2. The van der Waals surface area contributed by atoms with Gasteiger partial charge in [-0.15, -0.1) is 0 Å². The van der Waals surface area contributed by atoms with E-state index >= 15 is 0 Å². The summed E-state index contributed by atoms with van der Waals surface area (Å²) in [5.74, 6) is -0.267. The number of nitrogens with zero attached hydrogens (tertiary/aromatic N) is 1. The molecule has 2 atom stereocenters. The van der Waals surface area contributed by atoms with Crippen molar-refractivity contribution < 1.29 is 14.2 Å². The SMILES string of the molecule is COCC(O)CN(C)CCC(N)c1ccccc1F. The lowest BCUT2D eigenvalue weighted by Crippen LogP contribution is -2.33. The predicted molar refractivity (Wildman–Crippen MR) is 73.3 cm³/mol. The zero-order valence-electron chi connectivity index (χ0n) is 11.6. The summed E-state index contributed by atoms with van der Waals surface area (Å²) in [5.41, 5.74) is 6.52. The van der Waals surface area contributed by atoms with Crippen LogP contribution in [0.4, 0.5) is 4.39 Å².